The number of hydrogen-bond acceptors (Lipinski definition) is 5. The fourth-order valence-electron chi connectivity index (χ4n) is 2.03. The first kappa shape index (κ1) is 18.5. The van der Waals surface area contributed by atoms with E-state index in [1.165, 1.54) is 0 Å². The predicted octanol–water partition coefficient (Wildman–Crippen LogP) is 0.436. The molecule has 3 N–H and O–H groups in total. The van der Waals surface area contributed by atoms with Crippen molar-refractivity contribution in [2.24, 2.45) is 5.92 Å². The van der Waals surface area contributed by atoms with Crippen LogP contribution in [0.15, 0.2) is 12.2 Å². The first-order chi connectivity index (χ1) is 8.91. The van der Waals surface area contributed by atoms with Gasteiger partial charge in [-0.2, -0.15) is 0 Å². The van der Waals surface area contributed by atoms with Crippen LogP contribution in [0.3, 0.4) is 0 Å². The molecule has 0 radical (unpaired) electrons. The predicted molar refractivity (Wildman–Crippen MR) is 78.0 cm³/mol. The van der Waals surface area contributed by atoms with Crippen LogP contribution in [0, 0.1) is 5.92 Å². The van der Waals surface area contributed by atoms with Crippen molar-refractivity contribution in [1.29, 1.82) is 0 Å². The van der Waals surface area contributed by atoms with E-state index in [9.17, 15) is 10.2 Å². The summed E-state index contributed by atoms with van der Waals surface area (Å²) in [6, 6.07) is 0. The topological polar surface area (TPSA) is 65.0 Å². The molecule has 3 atom stereocenters. The van der Waals surface area contributed by atoms with Crippen LogP contribution in [-0.2, 0) is 4.74 Å². The quantitative estimate of drug-likeness (QED) is 0.398. The van der Waals surface area contributed by atoms with Crippen molar-refractivity contribution in [1.82, 2.24) is 10.2 Å². The maximum atomic E-state index is 9.69. The second-order valence-electron chi connectivity index (χ2n) is 5.26. The molecule has 0 saturated carbocycles. The third-order valence-corrected chi connectivity index (χ3v) is 3.43. The highest BCUT2D eigenvalue weighted by Gasteiger charge is 2.30. The van der Waals surface area contributed by atoms with Gasteiger partial charge in [-0.15, -0.1) is 0 Å². The van der Waals surface area contributed by atoms with E-state index >= 15 is 0 Å². The summed E-state index contributed by atoms with van der Waals surface area (Å²) in [5.74, 6) is 0.291. The van der Waals surface area contributed by atoms with Gasteiger partial charge >= 0.3 is 0 Å². The molecule has 0 aliphatic heterocycles. The van der Waals surface area contributed by atoms with E-state index < -0.39 is 5.72 Å². The van der Waals surface area contributed by atoms with E-state index in [0.29, 0.717) is 18.9 Å². The Morgan fingerprint density at radius 2 is 2.05 bits per heavy atom. The van der Waals surface area contributed by atoms with Gasteiger partial charge in [0, 0.05) is 20.1 Å². The van der Waals surface area contributed by atoms with Crippen molar-refractivity contribution in [2.75, 3.05) is 41.4 Å². The van der Waals surface area contributed by atoms with E-state index in [2.05, 4.69) is 18.3 Å². The van der Waals surface area contributed by atoms with Crippen molar-refractivity contribution >= 4 is 0 Å². The molecule has 5 nitrogen and oxygen atoms in total. The molecule has 5 heteroatoms. The van der Waals surface area contributed by atoms with Gasteiger partial charge in [0.2, 0.25) is 0 Å². The number of likely N-dealkylation sites (N-methyl/N-ethyl adjacent to an activating group) is 2. The number of aliphatic hydroxyl groups excluding tert-OH is 2. The first-order valence-corrected chi connectivity index (χ1v) is 6.74. The fraction of sp³-hybridized carbons (Fsp3) is 0.857. The smallest absolute Gasteiger partial charge is 0.147 e. The minimum atomic E-state index is -0.667. The first-order valence-electron chi connectivity index (χ1n) is 6.74. The Labute approximate surface area is 117 Å². The van der Waals surface area contributed by atoms with Crippen molar-refractivity contribution in [3.05, 3.63) is 12.2 Å². The second-order valence-corrected chi connectivity index (χ2v) is 5.26. The summed E-state index contributed by atoms with van der Waals surface area (Å²) in [4.78, 5) is 1.87. The van der Waals surface area contributed by atoms with Gasteiger partial charge < -0.3 is 20.3 Å². The number of rotatable bonds is 10. The maximum absolute atomic E-state index is 9.69. The van der Waals surface area contributed by atoms with Gasteiger partial charge in [-0.1, -0.05) is 19.1 Å². The summed E-state index contributed by atoms with van der Waals surface area (Å²) < 4.78 is 5.42. The van der Waals surface area contributed by atoms with E-state index in [4.69, 9.17) is 4.74 Å². The summed E-state index contributed by atoms with van der Waals surface area (Å²) in [6.07, 6.45) is 5.07. The van der Waals surface area contributed by atoms with Crippen LogP contribution < -0.4 is 5.32 Å². The summed E-state index contributed by atoms with van der Waals surface area (Å²) >= 11 is 0. The number of ether oxygens (including phenoxy) is 1. The Balaban J connectivity index is 4.32. The zero-order chi connectivity index (χ0) is 14.9. The minimum absolute atomic E-state index is 0.0579. The van der Waals surface area contributed by atoms with Gasteiger partial charge in [-0.05, 0) is 33.5 Å². The van der Waals surface area contributed by atoms with E-state index in [-0.39, 0.29) is 12.7 Å². The van der Waals surface area contributed by atoms with Gasteiger partial charge in [0.05, 0.1) is 12.7 Å². The normalized spacial score (nSPS) is 18.7. The molecule has 0 aromatic rings. The van der Waals surface area contributed by atoms with Gasteiger partial charge in [0.1, 0.15) is 5.72 Å². The lowest BCUT2D eigenvalue weighted by Gasteiger charge is -2.36. The number of hydrogen-bond donors (Lipinski definition) is 3. The average Bonchev–Trinajstić information content (AvgIpc) is 2.34. The van der Waals surface area contributed by atoms with Crippen molar-refractivity contribution < 1.29 is 14.9 Å². The maximum Gasteiger partial charge on any atom is 0.147 e. The summed E-state index contributed by atoms with van der Waals surface area (Å²) in [5.41, 5.74) is -0.667. The lowest BCUT2D eigenvalue weighted by atomic mass is 10.0. The number of nitrogens with one attached hydrogen (secondary N) is 1. The molecule has 0 heterocycles. The Morgan fingerprint density at radius 3 is 2.47 bits per heavy atom. The van der Waals surface area contributed by atoms with Crippen LogP contribution in [-0.4, -0.2) is 68.3 Å². The molecule has 0 bridgehead atoms. The lowest BCUT2D eigenvalue weighted by Crippen LogP contribution is -2.48. The van der Waals surface area contributed by atoms with Crippen LogP contribution in [0.1, 0.15) is 19.8 Å². The Hall–Kier alpha value is -0.460. The largest absolute Gasteiger partial charge is 0.392 e. The molecule has 0 amide bonds. The summed E-state index contributed by atoms with van der Waals surface area (Å²) in [6.45, 7) is 2.62. The highest BCUT2D eigenvalue weighted by Crippen LogP contribution is 2.19. The molecule has 0 aliphatic carbocycles. The third kappa shape index (κ3) is 6.49. The van der Waals surface area contributed by atoms with E-state index in [1.807, 2.05) is 32.1 Å². The van der Waals surface area contributed by atoms with Gasteiger partial charge in [0.15, 0.2) is 0 Å². The molecular formula is C14H30N2O3. The van der Waals surface area contributed by atoms with Gasteiger partial charge in [0.25, 0.3) is 0 Å². The number of allylic oxidation sites excluding steroid dienone is 1. The van der Waals surface area contributed by atoms with Crippen LogP contribution in [0.4, 0.5) is 0 Å². The lowest BCUT2D eigenvalue weighted by molar-refractivity contribution is -0.140. The second kappa shape index (κ2) is 9.44. The van der Waals surface area contributed by atoms with Gasteiger partial charge in [-0.25, -0.2) is 0 Å². The molecule has 0 fully saturated rings. The van der Waals surface area contributed by atoms with Crippen molar-refractivity contribution in [3.8, 4) is 0 Å². The third-order valence-electron chi connectivity index (χ3n) is 3.43. The molecule has 0 rings (SSSR count). The highest BCUT2D eigenvalue weighted by atomic mass is 16.5. The Kier molecular flexibility index (Phi) is 9.22. The average molecular weight is 274 g/mol. The van der Waals surface area contributed by atoms with Crippen LogP contribution >= 0.6 is 0 Å². The molecule has 0 aliphatic rings. The molecular weight excluding hydrogens is 244 g/mol. The molecule has 114 valence electrons. The van der Waals surface area contributed by atoms with Crippen LogP contribution in [0.2, 0.25) is 0 Å². The molecule has 0 aromatic heterocycles. The molecule has 0 saturated heterocycles. The zero-order valence-corrected chi connectivity index (χ0v) is 12.9. The Bertz CT molecular complexity index is 253. The molecule has 0 spiro atoms. The summed E-state index contributed by atoms with van der Waals surface area (Å²) in [5, 5.41) is 22.1. The number of aliphatic hydroxyl groups is 2. The number of nitrogens with zero attached hydrogens (tertiary/aromatic N) is 1. The highest BCUT2D eigenvalue weighted by molar-refractivity contribution is 4.94. The van der Waals surface area contributed by atoms with Crippen molar-refractivity contribution in [3.63, 3.8) is 0 Å². The van der Waals surface area contributed by atoms with E-state index in [0.717, 1.165) is 6.42 Å². The fourth-order valence-corrected chi connectivity index (χ4v) is 2.03. The van der Waals surface area contributed by atoms with E-state index in [1.54, 1.807) is 7.11 Å². The standard InChI is InChI=1S/C14H30N2O3/c1-12(9-13(18)10-15-2)7-6-8-14(11-17,19-5)16(3)4/h6-7,12-13,15,17-18H,8-11H2,1-5H3/b7-6-. The zero-order valence-electron chi connectivity index (χ0n) is 12.9. The Morgan fingerprint density at radius 1 is 1.42 bits per heavy atom. The molecule has 0 aromatic carbocycles. The monoisotopic (exact) mass is 274 g/mol. The van der Waals surface area contributed by atoms with Crippen LogP contribution in [0.5, 0.6) is 0 Å². The SMILES string of the molecule is CNCC(O)CC(C)/C=C\CC(CO)(OC)N(C)C. The van der Waals surface area contributed by atoms with Crippen molar-refractivity contribution in [2.45, 2.75) is 31.6 Å². The molecule has 19 heavy (non-hydrogen) atoms. The number of methoxy groups -OCH3 is 1. The molecule has 3 unspecified atom stereocenters. The van der Waals surface area contributed by atoms with Gasteiger partial charge in [-0.3, -0.25) is 4.90 Å². The minimum Gasteiger partial charge on any atom is -0.392 e. The summed E-state index contributed by atoms with van der Waals surface area (Å²) in [7, 11) is 7.19. The van der Waals surface area contributed by atoms with Crippen LogP contribution in [0.25, 0.3) is 0 Å².